The molecule has 0 unspecified atom stereocenters. The van der Waals surface area contributed by atoms with Gasteiger partial charge in [-0.2, -0.15) is 0 Å². The van der Waals surface area contributed by atoms with Gasteiger partial charge in [-0.1, -0.05) is 30.3 Å². The van der Waals surface area contributed by atoms with Crippen molar-refractivity contribution in [3.05, 3.63) is 35.9 Å². The summed E-state index contributed by atoms with van der Waals surface area (Å²) in [5.41, 5.74) is 1.24. The second-order valence-electron chi connectivity index (χ2n) is 3.77. The molecule has 0 aromatic heterocycles. The first kappa shape index (κ1) is 16.0. The number of esters is 2. The lowest BCUT2D eigenvalue weighted by Gasteiger charge is -1.96. The minimum atomic E-state index is -0.562. The zero-order valence-corrected chi connectivity index (χ0v) is 10.9. The van der Waals surface area contributed by atoms with Crippen LogP contribution in [0.2, 0.25) is 0 Å². The predicted octanol–water partition coefficient (Wildman–Crippen LogP) is 2.30. The van der Waals surface area contributed by atoms with Crippen LogP contribution in [0.25, 0.3) is 0 Å². The van der Waals surface area contributed by atoms with E-state index in [-0.39, 0.29) is 5.78 Å². The van der Waals surface area contributed by atoms with E-state index in [9.17, 15) is 14.4 Å². The molecule has 0 radical (unpaired) electrons. The van der Waals surface area contributed by atoms with Crippen molar-refractivity contribution in [1.82, 2.24) is 0 Å². The van der Waals surface area contributed by atoms with Gasteiger partial charge in [-0.3, -0.25) is 9.59 Å². The van der Waals surface area contributed by atoms with Crippen LogP contribution in [0, 0.1) is 0 Å². The van der Waals surface area contributed by atoms with E-state index < -0.39 is 11.9 Å². The zero-order valence-electron chi connectivity index (χ0n) is 10.9. The average molecular weight is 250 g/mol. The first-order valence-corrected chi connectivity index (χ1v) is 5.64. The molecule has 0 aliphatic heterocycles. The van der Waals surface area contributed by atoms with E-state index in [1.165, 1.54) is 19.4 Å². The number of rotatable bonds is 3. The predicted molar refractivity (Wildman–Crippen MR) is 67.9 cm³/mol. The highest BCUT2D eigenvalue weighted by Crippen LogP contribution is 2.01. The Morgan fingerprint density at radius 3 is 1.78 bits per heavy atom. The minimum absolute atomic E-state index is 0.258. The summed E-state index contributed by atoms with van der Waals surface area (Å²) in [5.74, 6) is -0.867. The van der Waals surface area contributed by atoms with Gasteiger partial charge in [0.1, 0.15) is 5.78 Å². The Labute approximate surface area is 107 Å². The summed E-state index contributed by atoms with van der Waals surface area (Å²) >= 11 is 0. The maximum absolute atomic E-state index is 10.6. The topological polar surface area (TPSA) is 60.4 Å². The van der Waals surface area contributed by atoms with E-state index in [0.29, 0.717) is 6.42 Å². The van der Waals surface area contributed by atoms with Crippen LogP contribution in [0.4, 0.5) is 0 Å². The fourth-order valence-corrected chi connectivity index (χ4v) is 1.17. The van der Waals surface area contributed by atoms with Gasteiger partial charge >= 0.3 is 11.9 Å². The van der Waals surface area contributed by atoms with E-state index in [1.54, 1.807) is 6.92 Å². The van der Waals surface area contributed by atoms with Gasteiger partial charge in [0.25, 0.3) is 0 Å². The van der Waals surface area contributed by atoms with Crippen LogP contribution in [0.3, 0.4) is 0 Å². The molecule has 4 nitrogen and oxygen atoms in total. The number of benzene rings is 1. The highest BCUT2D eigenvalue weighted by molar-refractivity contribution is 5.82. The molecule has 0 heterocycles. The number of aryl methyl sites for hydroxylation is 1. The Bertz CT molecular complexity index is 384. The van der Waals surface area contributed by atoms with Crippen molar-refractivity contribution in [2.24, 2.45) is 0 Å². The van der Waals surface area contributed by atoms with Gasteiger partial charge in [0.05, 0.1) is 0 Å². The van der Waals surface area contributed by atoms with Crippen molar-refractivity contribution < 1.29 is 19.1 Å². The highest BCUT2D eigenvalue weighted by atomic mass is 16.6. The molecule has 0 aliphatic carbocycles. The van der Waals surface area contributed by atoms with Gasteiger partial charge in [0.15, 0.2) is 0 Å². The molecule has 4 heteroatoms. The molecule has 0 atom stereocenters. The quantitative estimate of drug-likeness (QED) is 0.610. The molecule has 0 aliphatic rings. The molecular weight excluding hydrogens is 232 g/mol. The Kier molecular flexibility index (Phi) is 8.10. The fourth-order valence-electron chi connectivity index (χ4n) is 1.17. The molecule has 0 fully saturated rings. The summed E-state index contributed by atoms with van der Waals surface area (Å²) in [6, 6.07) is 10.1. The van der Waals surface area contributed by atoms with Gasteiger partial charge in [-0.15, -0.1) is 0 Å². The van der Waals surface area contributed by atoms with Crippen LogP contribution in [-0.2, 0) is 25.5 Å². The smallest absolute Gasteiger partial charge is 0.310 e. The summed E-state index contributed by atoms with van der Waals surface area (Å²) in [4.78, 5) is 30.2. The van der Waals surface area contributed by atoms with Crippen LogP contribution in [0.1, 0.15) is 32.8 Å². The molecule has 0 amide bonds. The Hall–Kier alpha value is -1.97. The Morgan fingerprint density at radius 1 is 0.944 bits per heavy atom. The molecule has 1 rings (SSSR count). The van der Waals surface area contributed by atoms with E-state index in [0.717, 1.165) is 6.42 Å². The molecule has 1 aromatic rings. The lowest BCUT2D eigenvalue weighted by Crippen LogP contribution is -2.03. The van der Waals surface area contributed by atoms with E-state index in [2.05, 4.69) is 4.74 Å². The summed E-state index contributed by atoms with van der Waals surface area (Å²) in [5, 5.41) is 0. The van der Waals surface area contributed by atoms with Crippen LogP contribution < -0.4 is 0 Å². The van der Waals surface area contributed by atoms with Gasteiger partial charge < -0.3 is 9.53 Å². The highest BCUT2D eigenvalue weighted by Gasteiger charge is 1.94. The third-order valence-corrected chi connectivity index (χ3v) is 1.90. The lowest BCUT2D eigenvalue weighted by molar-refractivity contribution is -0.156. The van der Waals surface area contributed by atoms with Crippen LogP contribution >= 0.6 is 0 Å². The molecular formula is C14H18O4. The van der Waals surface area contributed by atoms with Crippen LogP contribution in [0.5, 0.6) is 0 Å². The number of Topliss-reactive ketones (excluding diaryl/α,β-unsaturated/α-hetero) is 1. The van der Waals surface area contributed by atoms with E-state index in [1.807, 2.05) is 30.3 Å². The average Bonchev–Trinajstić information content (AvgIpc) is 2.26. The van der Waals surface area contributed by atoms with Crippen molar-refractivity contribution >= 4 is 17.7 Å². The number of hydrogen-bond acceptors (Lipinski definition) is 4. The molecule has 98 valence electrons. The molecule has 0 saturated heterocycles. The number of ether oxygens (including phenoxy) is 1. The van der Waals surface area contributed by atoms with Gasteiger partial charge in [-0.05, 0) is 18.9 Å². The van der Waals surface area contributed by atoms with Crippen molar-refractivity contribution in [2.45, 2.75) is 33.6 Å². The first-order valence-electron chi connectivity index (χ1n) is 5.64. The maximum atomic E-state index is 10.6. The van der Waals surface area contributed by atoms with Crippen molar-refractivity contribution in [2.75, 3.05) is 0 Å². The minimum Gasteiger partial charge on any atom is -0.394 e. The van der Waals surface area contributed by atoms with Gasteiger partial charge in [0.2, 0.25) is 0 Å². The van der Waals surface area contributed by atoms with Crippen LogP contribution in [0.15, 0.2) is 30.3 Å². The second kappa shape index (κ2) is 9.10. The van der Waals surface area contributed by atoms with Crippen molar-refractivity contribution in [1.29, 1.82) is 0 Å². The zero-order chi connectivity index (χ0) is 14.0. The summed E-state index contributed by atoms with van der Waals surface area (Å²) in [6.07, 6.45) is 1.53. The second-order valence-corrected chi connectivity index (χ2v) is 3.77. The van der Waals surface area contributed by atoms with Gasteiger partial charge in [-0.25, -0.2) is 0 Å². The van der Waals surface area contributed by atoms with Gasteiger partial charge in [0, 0.05) is 20.3 Å². The summed E-state index contributed by atoms with van der Waals surface area (Å²) in [6.45, 7) is 3.99. The Balaban J connectivity index is 0.000000360. The van der Waals surface area contributed by atoms with Crippen molar-refractivity contribution in [3.8, 4) is 0 Å². The monoisotopic (exact) mass is 250 g/mol. The number of carbonyl (C=O) groups is 3. The molecule has 18 heavy (non-hydrogen) atoms. The lowest BCUT2D eigenvalue weighted by atomic mass is 10.1. The normalized spacial score (nSPS) is 8.83. The van der Waals surface area contributed by atoms with Crippen molar-refractivity contribution in [3.63, 3.8) is 0 Å². The number of hydrogen-bond donors (Lipinski definition) is 0. The third-order valence-electron chi connectivity index (χ3n) is 1.90. The maximum Gasteiger partial charge on any atom is 0.310 e. The Morgan fingerprint density at radius 2 is 1.44 bits per heavy atom. The fraction of sp³-hybridized carbons (Fsp3) is 0.357. The standard InChI is InChI=1S/C10H12O.C4H6O3/c1-9(11)7-8-10-5-3-2-4-6-10;1-3(5)7-4(2)6/h2-6H,7-8H2,1H3;1-2H3. The molecule has 0 N–H and O–H groups in total. The van der Waals surface area contributed by atoms with Crippen LogP contribution in [-0.4, -0.2) is 17.7 Å². The first-order chi connectivity index (χ1) is 8.41. The SMILES string of the molecule is CC(=O)CCc1ccccc1.CC(=O)OC(C)=O. The largest absolute Gasteiger partial charge is 0.394 e. The summed E-state index contributed by atoms with van der Waals surface area (Å²) < 4.78 is 3.97. The molecule has 0 bridgehead atoms. The summed E-state index contributed by atoms with van der Waals surface area (Å²) in [7, 11) is 0. The molecule has 0 spiro atoms. The van der Waals surface area contributed by atoms with E-state index >= 15 is 0 Å². The number of carbonyl (C=O) groups excluding carboxylic acids is 3. The molecule has 1 aromatic carbocycles. The number of ketones is 1. The molecule has 0 saturated carbocycles. The van der Waals surface area contributed by atoms with E-state index in [4.69, 9.17) is 0 Å². The third kappa shape index (κ3) is 10.5.